The van der Waals surface area contributed by atoms with Gasteiger partial charge in [0, 0.05) is 12.5 Å². The van der Waals surface area contributed by atoms with Crippen LogP contribution < -0.4 is 10.3 Å². The summed E-state index contributed by atoms with van der Waals surface area (Å²) in [7, 11) is 0. The molecule has 3 rings (SSSR count). The molecule has 4 heteroatoms. The van der Waals surface area contributed by atoms with Crippen LogP contribution in [0.1, 0.15) is 12.7 Å². The molecular formula is C16H14N2O2. The summed E-state index contributed by atoms with van der Waals surface area (Å²) < 4.78 is 5.75. The lowest BCUT2D eigenvalue weighted by molar-refractivity contribution is 0.483. The van der Waals surface area contributed by atoms with Crippen molar-refractivity contribution in [1.82, 2.24) is 9.97 Å². The van der Waals surface area contributed by atoms with Crippen molar-refractivity contribution >= 4 is 10.9 Å². The van der Waals surface area contributed by atoms with Gasteiger partial charge in [-0.15, -0.1) is 0 Å². The Kier molecular flexibility index (Phi) is 3.21. The van der Waals surface area contributed by atoms with Gasteiger partial charge in [0.25, 0.3) is 5.56 Å². The van der Waals surface area contributed by atoms with Gasteiger partial charge in [-0.3, -0.25) is 4.79 Å². The summed E-state index contributed by atoms with van der Waals surface area (Å²) >= 11 is 0. The third-order valence-electron chi connectivity index (χ3n) is 3.04. The largest absolute Gasteiger partial charge is 0.457 e. The average Bonchev–Trinajstić information content (AvgIpc) is 2.48. The Morgan fingerprint density at radius 1 is 1.10 bits per heavy atom. The van der Waals surface area contributed by atoms with Gasteiger partial charge < -0.3 is 9.72 Å². The van der Waals surface area contributed by atoms with Crippen LogP contribution >= 0.6 is 0 Å². The maximum absolute atomic E-state index is 11.9. The molecule has 0 aliphatic rings. The number of rotatable bonds is 3. The highest BCUT2D eigenvalue weighted by Gasteiger charge is 2.05. The van der Waals surface area contributed by atoms with Crippen LogP contribution in [0.4, 0.5) is 0 Å². The van der Waals surface area contributed by atoms with E-state index in [1.54, 1.807) is 18.2 Å². The lowest BCUT2D eigenvalue weighted by Crippen LogP contribution is -2.11. The second-order valence-electron chi connectivity index (χ2n) is 4.46. The fourth-order valence-corrected chi connectivity index (χ4v) is 2.02. The minimum Gasteiger partial charge on any atom is -0.457 e. The summed E-state index contributed by atoms with van der Waals surface area (Å²) in [5.41, 5.74) is 0.539. The molecule has 0 spiro atoms. The maximum atomic E-state index is 11.9. The van der Waals surface area contributed by atoms with Crippen molar-refractivity contribution in [2.24, 2.45) is 0 Å². The molecule has 1 heterocycles. The molecule has 0 radical (unpaired) electrons. The van der Waals surface area contributed by atoms with Gasteiger partial charge in [-0.1, -0.05) is 25.1 Å². The molecule has 0 amide bonds. The van der Waals surface area contributed by atoms with Crippen LogP contribution in [0.25, 0.3) is 10.9 Å². The SMILES string of the molecule is CCc1nc2cc(Oc3ccccc3)ccc2c(=O)[nH]1. The first-order valence-electron chi connectivity index (χ1n) is 6.52. The molecule has 0 unspecified atom stereocenters. The molecule has 0 atom stereocenters. The lowest BCUT2D eigenvalue weighted by Gasteiger charge is -2.06. The van der Waals surface area contributed by atoms with Crippen molar-refractivity contribution in [3.8, 4) is 11.5 Å². The number of hydrogen-bond acceptors (Lipinski definition) is 3. The first-order valence-corrected chi connectivity index (χ1v) is 6.52. The van der Waals surface area contributed by atoms with Crippen molar-refractivity contribution in [3.05, 3.63) is 64.7 Å². The molecule has 20 heavy (non-hydrogen) atoms. The molecule has 0 aliphatic carbocycles. The van der Waals surface area contributed by atoms with Gasteiger partial charge in [-0.2, -0.15) is 0 Å². The van der Waals surface area contributed by atoms with E-state index in [0.29, 0.717) is 28.9 Å². The molecule has 2 aromatic carbocycles. The van der Waals surface area contributed by atoms with Crippen molar-refractivity contribution in [3.63, 3.8) is 0 Å². The van der Waals surface area contributed by atoms with Crippen LogP contribution in [-0.2, 0) is 6.42 Å². The monoisotopic (exact) mass is 266 g/mol. The zero-order valence-corrected chi connectivity index (χ0v) is 11.1. The summed E-state index contributed by atoms with van der Waals surface area (Å²) in [4.78, 5) is 19.1. The van der Waals surface area contributed by atoms with Crippen LogP contribution in [0.15, 0.2) is 53.3 Å². The molecule has 0 bridgehead atoms. The van der Waals surface area contributed by atoms with E-state index in [2.05, 4.69) is 9.97 Å². The van der Waals surface area contributed by atoms with Crippen LogP contribution in [0.5, 0.6) is 11.5 Å². The Bertz CT molecular complexity index is 794. The Hall–Kier alpha value is -2.62. The van der Waals surface area contributed by atoms with Gasteiger partial charge in [0.15, 0.2) is 0 Å². The fraction of sp³-hybridized carbons (Fsp3) is 0.125. The highest BCUT2D eigenvalue weighted by molar-refractivity contribution is 5.79. The average molecular weight is 266 g/mol. The second-order valence-corrected chi connectivity index (χ2v) is 4.46. The Morgan fingerprint density at radius 2 is 1.90 bits per heavy atom. The van der Waals surface area contributed by atoms with E-state index in [1.165, 1.54) is 0 Å². The number of nitrogens with zero attached hydrogens (tertiary/aromatic N) is 1. The molecule has 0 saturated heterocycles. The van der Waals surface area contributed by atoms with Gasteiger partial charge in [-0.05, 0) is 24.3 Å². The third kappa shape index (κ3) is 2.40. The molecule has 0 fully saturated rings. The molecule has 1 aromatic heterocycles. The van der Waals surface area contributed by atoms with E-state index in [1.807, 2.05) is 37.3 Å². The highest BCUT2D eigenvalue weighted by atomic mass is 16.5. The second kappa shape index (κ2) is 5.17. The summed E-state index contributed by atoms with van der Waals surface area (Å²) in [5.74, 6) is 2.11. The van der Waals surface area contributed by atoms with Crippen LogP contribution in [-0.4, -0.2) is 9.97 Å². The van der Waals surface area contributed by atoms with Crippen molar-refractivity contribution in [2.45, 2.75) is 13.3 Å². The number of aromatic amines is 1. The van der Waals surface area contributed by atoms with Crippen molar-refractivity contribution < 1.29 is 4.74 Å². The zero-order valence-electron chi connectivity index (χ0n) is 11.1. The quantitative estimate of drug-likeness (QED) is 0.791. The standard InChI is InChI=1S/C16H14N2O2/c1-2-15-17-14-10-12(8-9-13(14)16(19)18-15)20-11-6-4-3-5-7-11/h3-10H,2H2,1H3,(H,17,18,19). The lowest BCUT2D eigenvalue weighted by atomic mass is 10.2. The molecule has 4 nitrogen and oxygen atoms in total. The zero-order chi connectivity index (χ0) is 13.9. The third-order valence-corrected chi connectivity index (χ3v) is 3.04. The van der Waals surface area contributed by atoms with E-state index in [0.717, 1.165) is 5.75 Å². The molecule has 100 valence electrons. The summed E-state index contributed by atoms with van der Waals surface area (Å²) in [6.07, 6.45) is 0.689. The number of benzene rings is 2. The molecular weight excluding hydrogens is 252 g/mol. The van der Waals surface area contributed by atoms with E-state index in [-0.39, 0.29) is 5.56 Å². The van der Waals surface area contributed by atoms with E-state index < -0.39 is 0 Å². The highest BCUT2D eigenvalue weighted by Crippen LogP contribution is 2.23. The van der Waals surface area contributed by atoms with Gasteiger partial charge in [0.2, 0.25) is 0 Å². The smallest absolute Gasteiger partial charge is 0.258 e. The maximum Gasteiger partial charge on any atom is 0.258 e. The Labute approximate surface area is 116 Å². The van der Waals surface area contributed by atoms with Gasteiger partial charge in [0.1, 0.15) is 17.3 Å². The van der Waals surface area contributed by atoms with Crippen molar-refractivity contribution in [1.29, 1.82) is 0 Å². The van der Waals surface area contributed by atoms with Gasteiger partial charge in [0.05, 0.1) is 10.9 Å². The minimum atomic E-state index is -0.113. The minimum absolute atomic E-state index is 0.113. The normalized spacial score (nSPS) is 10.7. The van der Waals surface area contributed by atoms with Crippen LogP contribution in [0, 0.1) is 0 Å². The summed E-state index contributed by atoms with van der Waals surface area (Å²) in [6.45, 7) is 1.95. The predicted octanol–water partition coefficient (Wildman–Crippen LogP) is 3.28. The molecule has 1 N–H and O–H groups in total. The van der Waals surface area contributed by atoms with Crippen LogP contribution in [0.3, 0.4) is 0 Å². The van der Waals surface area contributed by atoms with Crippen LogP contribution in [0.2, 0.25) is 0 Å². The summed E-state index contributed by atoms with van der Waals surface area (Å²) in [5, 5.41) is 0.572. The first-order chi connectivity index (χ1) is 9.76. The fourth-order valence-electron chi connectivity index (χ4n) is 2.02. The number of fused-ring (bicyclic) bond motifs is 1. The van der Waals surface area contributed by atoms with Gasteiger partial charge in [-0.25, -0.2) is 4.98 Å². The van der Waals surface area contributed by atoms with E-state index in [9.17, 15) is 4.79 Å². The summed E-state index contributed by atoms with van der Waals surface area (Å²) in [6, 6.07) is 14.8. The van der Waals surface area contributed by atoms with Crippen molar-refractivity contribution in [2.75, 3.05) is 0 Å². The first kappa shape index (κ1) is 12.4. The molecule has 0 aliphatic heterocycles. The number of aromatic nitrogens is 2. The predicted molar refractivity (Wildman–Crippen MR) is 78.3 cm³/mol. The van der Waals surface area contributed by atoms with E-state index in [4.69, 9.17) is 4.74 Å². The number of aryl methyl sites for hydroxylation is 1. The Balaban J connectivity index is 2.04. The number of hydrogen-bond donors (Lipinski definition) is 1. The Morgan fingerprint density at radius 3 is 2.65 bits per heavy atom. The number of H-pyrrole nitrogens is 1. The number of para-hydroxylation sites is 1. The molecule has 3 aromatic rings. The van der Waals surface area contributed by atoms with Gasteiger partial charge >= 0.3 is 0 Å². The number of ether oxygens (including phenoxy) is 1. The topological polar surface area (TPSA) is 55.0 Å². The molecule has 0 saturated carbocycles. The number of nitrogens with one attached hydrogen (secondary N) is 1. The van der Waals surface area contributed by atoms with E-state index >= 15 is 0 Å².